The summed E-state index contributed by atoms with van der Waals surface area (Å²) in [6.07, 6.45) is 2.63. The van der Waals surface area contributed by atoms with E-state index in [1.807, 2.05) is 11.8 Å². The Kier molecular flexibility index (Phi) is 6.68. The SMILES string of the molecule is Cl.O=C(O)C1CCN(CCCN2c3ccccc3Sc3ccccc32)CC1. The number of benzene rings is 2. The van der Waals surface area contributed by atoms with Gasteiger partial charge in [-0.15, -0.1) is 12.4 Å². The molecular formula is C21H25ClN2O2S. The Morgan fingerprint density at radius 3 is 2.07 bits per heavy atom. The number of carboxylic acids is 1. The van der Waals surface area contributed by atoms with Crippen molar-refractivity contribution in [3.8, 4) is 0 Å². The lowest BCUT2D eigenvalue weighted by molar-refractivity contribution is -0.143. The summed E-state index contributed by atoms with van der Waals surface area (Å²) < 4.78 is 0. The summed E-state index contributed by atoms with van der Waals surface area (Å²) in [5, 5.41) is 9.13. The predicted molar refractivity (Wildman–Crippen MR) is 113 cm³/mol. The van der Waals surface area contributed by atoms with Crippen molar-refractivity contribution in [1.29, 1.82) is 0 Å². The Hall–Kier alpha value is -1.69. The molecule has 2 heterocycles. The summed E-state index contributed by atoms with van der Waals surface area (Å²) in [6, 6.07) is 17.2. The maximum atomic E-state index is 11.1. The Morgan fingerprint density at radius 1 is 0.963 bits per heavy atom. The van der Waals surface area contributed by atoms with E-state index in [-0.39, 0.29) is 18.3 Å². The van der Waals surface area contributed by atoms with Crippen LogP contribution in [0.25, 0.3) is 0 Å². The van der Waals surface area contributed by atoms with Gasteiger partial charge in [-0.1, -0.05) is 36.0 Å². The van der Waals surface area contributed by atoms with Gasteiger partial charge in [0.2, 0.25) is 0 Å². The summed E-state index contributed by atoms with van der Waals surface area (Å²) in [7, 11) is 0. The van der Waals surface area contributed by atoms with Gasteiger partial charge in [-0.2, -0.15) is 0 Å². The number of halogens is 1. The number of para-hydroxylation sites is 2. The molecule has 1 N–H and O–H groups in total. The zero-order chi connectivity index (χ0) is 17.9. The first-order chi connectivity index (χ1) is 12.7. The van der Waals surface area contributed by atoms with Crippen molar-refractivity contribution < 1.29 is 9.90 Å². The Labute approximate surface area is 171 Å². The van der Waals surface area contributed by atoms with Crippen LogP contribution < -0.4 is 4.90 Å². The third kappa shape index (κ3) is 4.42. The first-order valence-corrected chi connectivity index (χ1v) is 10.1. The van der Waals surface area contributed by atoms with Crippen LogP contribution in [0.2, 0.25) is 0 Å². The molecule has 2 aliphatic rings. The van der Waals surface area contributed by atoms with Crippen LogP contribution in [0.4, 0.5) is 11.4 Å². The van der Waals surface area contributed by atoms with Gasteiger partial charge < -0.3 is 14.9 Å². The molecule has 0 spiro atoms. The second-order valence-corrected chi connectivity index (χ2v) is 8.08. The number of rotatable bonds is 5. The second-order valence-electron chi connectivity index (χ2n) is 7.00. The highest BCUT2D eigenvalue weighted by Gasteiger charge is 2.25. The molecule has 2 aliphatic heterocycles. The minimum absolute atomic E-state index is 0. The number of carboxylic acid groups (broad SMARTS) is 1. The van der Waals surface area contributed by atoms with E-state index in [2.05, 4.69) is 58.3 Å². The molecule has 0 bridgehead atoms. The van der Waals surface area contributed by atoms with E-state index in [9.17, 15) is 4.79 Å². The molecule has 0 atom stereocenters. The number of carbonyl (C=O) groups is 1. The van der Waals surface area contributed by atoms with Crippen molar-refractivity contribution >= 4 is 41.5 Å². The number of nitrogens with zero attached hydrogens (tertiary/aromatic N) is 2. The van der Waals surface area contributed by atoms with Crippen LogP contribution in [0, 0.1) is 5.92 Å². The van der Waals surface area contributed by atoms with E-state index in [4.69, 9.17) is 5.11 Å². The third-order valence-corrected chi connectivity index (χ3v) is 6.46. The van der Waals surface area contributed by atoms with Crippen LogP contribution in [0.1, 0.15) is 19.3 Å². The quantitative estimate of drug-likeness (QED) is 0.767. The van der Waals surface area contributed by atoms with Gasteiger partial charge in [0, 0.05) is 16.3 Å². The number of piperidine rings is 1. The molecule has 0 aromatic heterocycles. The number of anilines is 2. The fourth-order valence-corrected chi connectivity index (χ4v) is 4.97. The van der Waals surface area contributed by atoms with Gasteiger partial charge in [0.05, 0.1) is 17.3 Å². The number of hydrogen-bond donors (Lipinski definition) is 1. The van der Waals surface area contributed by atoms with Crippen molar-refractivity contribution in [3.05, 3.63) is 48.5 Å². The van der Waals surface area contributed by atoms with E-state index in [0.29, 0.717) is 0 Å². The topological polar surface area (TPSA) is 43.8 Å². The molecular weight excluding hydrogens is 380 g/mol. The first kappa shape index (κ1) is 20.1. The lowest BCUT2D eigenvalue weighted by Crippen LogP contribution is -2.37. The molecule has 0 amide bonds. The molecule has 27 heavy (non-hydrogen) atoms. The summed E-state index contributed by atoms with van der Waals surface area (Å²) >= 11 is 1.84. The Bertz CT molecular complexity index is 748. The molecule has 1 saturated heterocycles. The Morgan fingerprint density at radius 2 is 1.52 bits per heavy atom. The summed E-state index contributed by atoms with van der Waals surface area (Å²) in [5.74, 6) is -0.784. The van der Waals surface area contributed by atoms with Crippen LogP contribution in [-0.4, -0.2) is 42.2 Å². The van der Waals surface area contributed by atoms with Gasteiger partial charge in [-0.05, 0) is 63.2 Å². The molecule has 4 nitrogen and oxygen atoms in total. The van der Waals surface area contributed by atoms with Crippen LogP contribution in [0.3, 0.4) is 0 Å². The minimum Gasteiger partial charge on any atom is -0.481 e. The highest BCUT2D eigenvalue weighted by molar-refractivity contribution is 7.99. The molecule has 2 aromatic carbocycles. The van der Waals surface area contributed by atoms with E-state index < -0.39 is 5.97 Å². The average molecular weight is 405 g/mol. The molecule has 0 aliphatic carbocycles. The first-order valence-electron chi connectivity index (χ1n) is 9.31. The van der Waals surface area contributed by atoms with Crippen molar-refractivity contribution in [3.63, 3.8) is 0 Å². The number of hydrogen-bond acceptors (Lipinski definition) is 4. The average Bonchev–Trinajstić information content (AvgIpc) is 2.68. The van der Waals surface area contributed by atoms with Crippen molar-refractivity contribution in [2.24, 2.45) is 5.92 Å². The van der Waals surface area contributed by atoms with Crippen LogP contribution in [0.5, 0.6) is 0 Å². The summed E-state index contributed by atoms with van der Waals surface area (Å²) in [4.78, 5) is 18.6. The molecule has 2 aromatic rings. The monoisotopic (exact) mass is 404 g/mol. The van der Waals surface area contributed by atoms with E-state index in [1.165, 1.54) is 21.2 Å². The largest absolute Gasteiger partial charge is 0.481 e. The lowest BCUT2D eigenvalue weighted by atomic mass is 9.97. The lowest BCUT2D eigenvalue weighted by Gasteiger charge is -2.34. The maximum Gasteiger partial charge on any atom is 0.306 e. The van der Waals surface area contributed by atoms with Crippen LogP contribution >= 0.6 is 24.2 Å². The third-order valence-electron chi connectivity index (χ3n) is 5.32. The summed E-state index contributed by atoms with van der Waals surface area (Å²) in [6.45, 7) is 3.81. The van der Waals surface area contributed by atoms with Gasteiger partial charge in [0.1, 0.15) is 0 Å². The van der Waals surface area contributed by atoms with Gasteiger partial charge >= 0.3 is 5.97 Å². The highest BCUT2D eigenvalue weighted by Crippen LogP contribution is 2.47. The fourth-order valence-electron chi connectivity index (χ4n) is 3.88. The van der Waals surface area contributed by atoms with Gasteiger partial charge in [-0.25, -0.2) is 0 Å². The predicted octanol–water partition coefficient (Wildman–Crippen LogP) is 4.90. The van der Waals surface area contributed by atoms with Gasteiger partial charge in [0.15, 0.2) is 0 Å². The van der Waals surface area contributed by atoms with Crippen molar-refractivity contribution in [2.75, 3.05) is 31.1 Å². The number of likely N-dealkylation sites (tertiary alicyclic amines) is 1. The van der Waals surface area contributed by atoms with Crippen molar-refractivity contribution in [1.82, 2.24) is 4.90 Å². The standard InChI is InChI=1S/C21H24N2O2S.ClH/c24-21(25)16-10-14-22(15-11-16)12-5-13-23-17-6-1-3-8-19(17)26-20-9-4-2-7-18(20)23;/h1-4,6-9,16H,5,10-15H2,(H,24,25);1H. The molecule has 0 radical (unpaired) electrons. The molecule has 6 heteroatoms. The minimum atomic E-state index is -0.635. The molecule has 0 unspecified atom stereocenters. The van der Waals surface area contributed by atoms with E-state index in [1.54, 1.807) is 0 Å². The molecule has 1 fully saturated rings. The molecule has 0 saturated carbocycles. The number of fused-ring (bicyclic) bond motifs is 2. The summed E-state index contributed by atoms with van der Waals surface area (Å²) in [5.41, 5.74) is 2.58. The fraction of sp³-hybridized carbons (Fsp3) is 0.381. The molecule has 144 valence electrons. The van der Waals surface area contributed by atoms with E-state index in [0.717, 1.165) is 45.4 Å². The zero-order valence-corrected chi connectivity index (χ0v) is 16.8. The van der Waals surface area contributed by atoms with Gasteiger partial charge in [0.25, 0.3) is 0 Å². The maximum absolute atomic E-state index is 11.1. The second kappa shape index (κ2) is 9.00. The Balaban J connectivity index is 0.00000210. The van der Waals surface area contributed by atoms with Crippen LogP contribution in [0.15, 0.2) is 58.3 Å². The van der Waals surface area contributed by atoms with E-state index >= 15 is 0 Å². The normalized spacial score (nSPS) is 17.0. The molecule has 4 rings (SSSR count). The van der Waals surface area contributed by atoms with Crippen LogP contribution in [-0.2, 0) is 4.79 Å². The highest BCUT2D eigenvalue weighted by atomic mass is 35.5. The zero-order valence-electron chi connectivity index (χ0n) is 15.2. The van der Waals surface area contributed by atoms with Gasteiger partial charge in [-0.3, -0.25) is 4.79 Å². The number of aliphatic carboxylic acids is 1. The van der Waals surface area contributed by atoms with Crippen molar-refractivity contribution in [2.45, 2.75) is 29.1 Å². The smallest absolute Gasteiger partial charge is 0.306 e.